The summed E-state index contributed by atoms with van der Waals surface area (Å²) in [6.07, 6.45) is -0.681. The molecule has 0 aliphatic carbocycles. The number of carboxylic acid groups (broad SMARTS) is 6. The highest BCUT2D eigenvalue weighted by atomic mass is 127. The lowest BCUT2D eigenvalue weighted by Gasteiger charge is -2.14. The normalized spacial score (nSPS) is 10.6. The van der Waals surface area contributed by atoms with E-state index in [1.807, 2.05) is 201 Å². The fraction of sp³-hybridized carbons (Fsp3) is 0.0455. The van der Waals surface area contributed by atoms with E-state index >= 15 is 0 Å². The molecule has 0 saturated heterocycles. The highest BCUT2D eigenvalue weighted by Gasteiger charge is 2.33. The van der Waals surface area contributed by atoms with Crippen LogP contribution in [-0.4, -0.2) is 70.8 Å². The Morgan fingerprint density at radius 1 is 0.252 bits per heavy atom. The Hall–Kier alpha value is -2.69. The van der Waals surface area contributed by atoms with Crippen molar-refractivity contribution in [2.75, 3.05) is 5.32 Å². The van der Waals surface area contributed by atoms with Crippen molar-refractivity contribution >= 4 is 483 Å². The van der Waals surface area contributed by atoms with Crippen LogP contribution in [-0.2, 0) is 25.7 Å². The van der Waals surface area contributed by atoms with Crippen LogP contribution in [0.25, 0.3) is 0 Å². The fourth-order valence-electron chi connectivity index (χ4n) is 11.4. The van der Waals surface area contributed by atoms with Crippen LogP contribution in [0, 0.1) is 140 Å². The zero-order valence-corrected chi connectivity index (χ0v) is 105. The van der Waals surface area contributed by atoms with E-state index in [1.54, 1.807) is 29.6 Å². The van der Waals surface area contributed by atoms with Gasteiger partial charge in [0.05, 0.1) is 69.2 Å². The average molecular weight is 3940 g/mol. The minimum absolute atomic E-state index is 0.0111. The number of aromatic carboxylic acids is 6. The van der Waals surface area contributed by atoms with Crippen LogP contribution in [0.2, 0.25) is 0 Å². The smallest absolute Gasteiger partial charge is 0.344 e. The number of ketones is 4. The zero-order valence-electron chi connectivity index (χ0n) is 66.6. The molecule has 139 heavy (non-hydrogen) atoms. The third-order valence-corrected chi connectivity index (χ3v) is 35.2. The van der Waals surface area contributed by atoms with Crippen LogP contribution in [0.3, 0.4) is 0 Å². The standard InChI is InChI=1S/C15H5F4I3O3.C15H7F2I3O3.2C15H8FI3O3.C14H4F4I3NO3.C14H6FI3O4/c16-11-9(10(15(24)25)12(17)14(19)13(11)18)8(23)3-5-6(21)1-4(20)2-7(5)22;16-9-2-1-7(13(14(9)17)15(22)23)12(21)5-8-10(19)3-6(18)4-11(8)20;16-10-3-1-2-8(15(21)22)14(10)13(20)6-9-11(18)4-7(17)5-12(9)19;16-10-3-1-2-8(14(10)15(21)22)13(20)6-9-11(18)4-7(17)5-12(9)19;15-7-6(14(24)25)8(16)10(18)12(9(7)17)22-13(23)4-1-3(19)2-5(20)11(4)21;15-9-2-1-6(13(19)20)3-11(9)22-14(21)8-4-7(16)5-10(17)12(8)18/h1-2H,3H2,(H,24,25);1-4H,5H2,(H,22,23);2*1-5H,6H2,(H,21,22);1-2H,(H,22,23)(H,24,25);1-5H,(H,19,20)/p-6. The predicted molar refractivity (Wildman–Crippen MR) is 617 cm³/mol. The van der Waals surface area contributed by atoms with Crippen LogP contribution in [0.15, 0.2) is 140 Å². The van der Waals surface area contributed by atoms with Crippen LogP contribution in [0.4, 0.5) is 62.8 Å². The van der Waals surface area contributed by atoms with Crippen LogP contribution >= 0.6 is 407 Å². The molecule has 0 unspecified atom stereocenters. The first-order valence-corrected chi connectivity index (χ1v) is 55.5. The number of hydrogen-bond donors (Lipinski definition) is 1. The molecule has 0 bridgehead atoms. The van der Waals surface area contributed by atoms with Gasteiger partial charge in [-0.3, -0.25) is 24.0 Å². The number of Topliss-reactive ketones (excluding diaryl/α,β-unsaturated/α-hetero) is 4. The van der Waals surface area contributed by atoms with E-state index in [0.717, 1.165) is 96.4 Å². The molecule has 0 fully saturated rings. The van der Waals surface area contributed by atoms with Crippen molar-refractivity contribution in [3.63, 3.8) is 0 Å². The van der Waals surface area contributed by atoms with Crippen molar-refractivity contribution in [3.05, 3.63) is 368 Å². The molecule has 0 aromatic heterocycles. The Morgan fingerprint density at radius 3 is 0.950 bits per heavy atom. The quantitative estimate of drug-likeness (QED) is 0.0125. The molecule has 20 nitrogen and oxygen atoms in total. The summed E-state index contributed by atoms with van der Waals surface area (Å²) in [7, 11) is 0. The van der Waals surface area contributed by atoms with Crippen LogP contribution in [0.1, 0.15) is 147 Å². The Kier molecular flexibility index (Phi) is 49.4. The number of anilines is 1. The van der Waals surface area contributed by atoms with Gasteiger partial charge in [0.25, 0.3) is 5.91 Å². The van der Waals surface area contributed by atoms with Crippen molar-refractivity contribution in [2.24, 2.45) is 0 Å². The fourth-order valence-corrected chi connectivity index (χ4v) is 32.0. The Bertz CT molecular complexity index is 7010. The number of benzene rings is 12. The van der Waals surface area contributed by atoms with Gasteiger partial charge in [-0.25, -0.2) is 61.9 Å². The van der Waals surface area contributed by atoms with Gasteiger partial charge in [-0.15, -0.1) is 0 Å². The number of carbonyl (C=O) groups is 12. The van der Waals surface area contributed by atoms with Crippen LogP contribution < -0.4 is 40.7 Å². The summed E-state index contributed by atoms with van der Waals surface area (Å²) in [6.45, 7) is 0. The Morgan fingerprint density at radius 2 is 0.568 bits per heavy atom. The van der Waals surface area contributed by atoms with E-state index in [-0.39, 0.29) is 41.5 Å². The Labute approximate surface area is 1020 Å². The Balaban J connectivity index is 0.000000227. The third-order valence-electron chi connectivity index (χ3n) is 17.7. The molecule has 726 valence electrons. The van der Waals surface area contributed by atoms with Crippen molar-refractivity contribution in [1.29, 1.82) is 0 Å². The van der Waals surface area contributed by atoms with Gasteiger partial charge in [0.2, 0.25) is 0 Å². The van der Waals surface area contributed by atoms with E-state index < -0.39 is 209 Å². The molecule has 0 spiro atoms. The van der Waals surface area contributed by atoms with E-state index in [4.69, 9.17) is 4.74 Å². The number of carbonyl (C=O) groups excluding carboxylic acids is 12. The number of halogens is 31. The molecule has 0 saturated carbocycles. The minimum Gasteiger partial charge on any atom is -0.545 e. The lowest BCUT2D eigenvalue weighted by Crippen LogP contribution is -2.29. The number of carboxylic acids is 6. The first kappa shape index (κ1) is 123. The number of nitrogens with one attached hydrogen (secondary N) is 1. The second-order valence-electron chi connectivity index (χ2n) is 26.6. The zero-order chi connectivity index (χ0) is 105. The van der Waals surface area contributed by atoms with E-state index in [2.05, 4.69) is 248 Å². The first-order chi connectivity index (χ1) is 64.7. The molecule has 0 atom stereocenters. The van der Waals surface area contributed by atoms with E-state index in [0.29, 0.717) is 32.5 Å². The lowest BCUT2D eigenvalue weighted by atomic mass is 9.97. The average Bonchev–Trinajstić information content (AvgIpc) is 0.765. The van der Waals surface area contributed by atoms with Crippen molar-refractivity contribution in [3.8, 4) is 5.75 Å². The molecule has 0 radical (unpaired) electrons. The van der Waals surface area contributed by atoms with Gasteiger partial charge in [0.1, 0.15) is 17.3 Å². The maximum Gasteiger partial charge on any atom is 0.344 e. The van der Waals surface area contributed by atoms with Gasteiger partial charge in [-0.2, -0.15) is 0 Å². The van der Waals surface area contributed by atoms with Crippen LogP contribution in [0.5, 0.6) is 5.75 Å². The highest BCUT2D eigenvalue weighted by Crippen LogP contribution is 2.36. The molecule has 1 N–H and O–H groups in total. The summed E-state index contributed by atoms with van der Waals surface area (Å²) in [5.74, 6) is -39.2. The maximum absolute atomic E-state index is 14.0. The van der Waals surface area contributed by atoms with Gasteiger partial charge in [0.15, 0.2) is 92.9 Å². The topological polar surface area (TPSA) is 364 Å². The van der Waals surface area contributed by atoms with Crippen molar-refractivity contribution in [1.82, 2.24) is 0 Å². The molecule has 1 amide bonds. The second kappa shape index (κ2) is 55.7. The van der Waals surface area contributed by atoms with Gasteiger partial charge >= 0.3 is 5.97 Å². The maximum atomic E-state index is 14.0. The van der Waals surface area contributed by atoms with E-state index in [9.17, 15) is 145 Å². The largest absolute Gasteiger partial charge is 0.545 e. The molecule has 12 aromatic carbocycles. The predicted octanol–water partition coefficient (Wildman–Crippen LogP) is 21.2. The molecular formula is C88H32F13I18NO19-6. The molecule has 12 rings (SSSR count). The molecule has 0 aliphatic heterocycles. The number of hydrogen-bond acceptors (Lipinski definition) is 19. The third kappa shape index (κ3) is 32.7. The van der Waals surface area contributed by atoms with Gasteiger partial charge < -0.3 is 69.5 Å². The molecule has 51 heteroatoms. The summed E-state index contributed by atoms with van der Waals surface area (Å²) in [5, 5.41) is 67.4. The highest BCUT2D eigenvalue weighted by molar-refractivity contribution is 14.1. The van der Waals surface area contributed by atoms with Gasteiger partial charge in [-0.1, -0.05) is 24.3 Å². The van der Waals surface area contributed by atoms with Gasteiger partial charge in [0, 0.05) is 123 Å². The SMILES string of the molecule is O=C(Cc1c(I)cc(I)cc1I)c1ccc(F)c(F)c1C(=O)[O-].O=C(Cc1c(I)cc(I)cc1I)c1cccc(F)c1C(=O)[O-].O=C(Nc1c(F)c(F)c(C(=O)[O-])c(F)c1F)c1cc(I)cc(I)c1I.O=C([O-])c1c(F)c(F)c(F)c(F)c1C(=O)Cc1c(I)cc(I)cc1I.O=C([O-])c1ccc(F)c(OC(=O)c2cc(I)cc(I)c2I)c1.O=C([O-])c1cccc(F)c1C(=O)Cc1c(I)cc(I)cc1I. The molecule has 0 aliphatic rings. The summed E-state index contributed by atoms with van der Waals surface area (Å²) in [5.41, 5.74) is -6.65. The summed E-state index contributed by atoms with van der Waals surface area (Å²) >= 11 is 36.8. The molecule has 0 heterocycles. The number of rotatable bonds is 22. The molecular weight excluding hydrogens is 3910 g/mol. The summed E-state index contributed by atoms with van der Waals surface area (Å²) in [6, 6.07) is 33.2. The van der Waals surface area contributed by atoms with Crippen molar-refractivity contribution in [2.45, 2.75) is 25.7 Å². The first-order valence-electron chi connectivity index (χ1n) is 36.1. The minimum atomic E-state index is -2.42. The summed E-state index contributed by atoms with van der Waals surface area (Å²) < 4.78 is 197. The number of ether oxygens (including phenoxy) is 1. The number of esters is 1. The van der Waals surface area contributed by atoms with E-state index in [1.165, 1.54) is 30.3 Å². The lowest BCUT2D eigenvalue weighted by molar-refractivity contribution is -0.256. The summed E-state index contributed by atoms with van der Waals surface area (Å²) in [4.78, 5) is 140. The van der Waals surface area contributed by atoms with Gasteiger partial charge in [-0.05, 0) is 544 Å². The number of amides is 1. The molecule has 12 aromatic rings. The second-order valence-corrected chi connectivity index (χ2v) is 47.9. The van der Waals surface area contributed by atoms with Crippen molar-refractivity contribution < 1.29 is 150 Å². The monoisotopic (exact) mass is 3940 g/mol.